The van der Waals surface area contributed by atoms with Crippen molar-refractivity contribution in [3.05, 3.63) is 53.9 Å². The van der Waals surface area contributed by atoms with Crippen molar-refractivity contribution < 1.29 is 19.1 Å². The Bertz CT molecular complexity index is 1040. The molecule has 0 spiro atoms. The highest BCUT2D eigenvalue weighted by Crippen LogP contribution is 2.38. The van der Waals surface area contributed by atoms with Crippen LogP contribution in [-0.2, 0) is 9.59 Å². The number of carbonyl (C=O) groups excluding carboxylic acids is 2. The summed E-state index contributed by atoms with van der Waals surface area (Å²) < 4.78 is 11.0. The Hall–Kier alpha value is -3.13. The molecule has 3 N–H and O–H groups in total. The van der Waals surface area contributed by atoms with Crippen molar-refractivity contribution in [1.29, 1.82) is 0 Å². The number of nitrogens with zero attached hydrogens (tertiary/aromatic N) is 2. The second-order valence-corrected chi connectivity index (χ2v) is 9.93. The minimum atomic E-state index is -0.403. The molecule has 186 valence electrons. The van der Waals surface area contributed by atoms with Crippen molar-refractivity contribution in [3.8, 4) is 11.5 Å². The van der Waals surface area contributed by atoms with E-state index in [0.29, 0.717) is 43.0 Å². The third kappa shape index (κ3) is 5.42. The zero-order valence-corrected chi connectivity index (χ0v) is 20.0. The number of amides is 2. The molecule has 1 aromatic heterocycles. The molecule has 3 aliphatic rings. The summed E-state index contributed by atoms with van der Waals surface area (Å²) in [4.78, 5) is 32.6. The minimum Gasteiger partial charge on any atom is -0.454 e. The van der Waals surface area contributed by atoms with Gasteiger partial charge in [-0.3, -0.25) is 14.6 Å². The molecule has 0 radical (unpaired) electrons. The number of fused-ring (bicyclic) bond motifs is 1. The van der Waals surface area contributed by atoms with Crippen molar-refractivity contribution in [2.45, 2.75) is 62.9 Å². The molecule has 35 heavy (non-hydrogen) atoms. The van der Waals surface area contributed by atoms with Crippen LogP contribution in [0.4, 0.5) is 0 Å². The Morgan fingerprint density at radius 2 is 1.91 bits per heavy atom. The molecule has 3 heterocycles. The Morgan fingerprint density at radius 1 is 1.09 bits per heavy atom. The van der Waals surface area contributed by atoms with E-state index in [9.17, 15) is 9.59 Å². The molecular formula is C27H34N4O4. The topological polar surface area (TPSA) is 107 Å². The van der Waals surface area contributed by atoms with Crippen LogP contribution in [-0.4, -0.2) is 53.7 Å². The lowest BCUT2D eigenvalue weighted by Crippen LogP contribution is -2.47. The van der Waals surface area contributed by atoms with Gasteiger partial charge in [0.05, 0.1) is 0 Å². The van der Waals surface area contributed by atoms with E-state index in [1.54, 1.807) is 17.3 Å². The Balaban J connectivity index is 1.27. The second-order valence-electron chi connectivity index (χ2n) is 9.93. The minimum absolute atomic E-state index is 0.0159. The van der Waals surface area contributed by atoms with Crippen LogP contribution >= 0.6 is 0 Å². The largest absolute Gasteiger partial charge is 0.454 e. The van der Waals surface area contributed by atoms with Crippen LogP contribution in [0, 0.1) is 5.92 Å². The lowest BCUT2D eigenvalue weighted by Gasteiger charge is -2.29. The maximum Gasteiger partial charge on any atom is 0.242 e. The maximum atomic E-state index is 13.5. The highest BCUT2D eigenvalue weighted by atomic mass is 16.7. The summed E-state index contributed by atoms with van der Waals surface area (Å²) in [5.41, 5.74) is 7.92. The average molecular weight is 479 g/mol. The molecule has 0 bridgehead atoms. The summed E-state index contributed by atoms with van der Waals surface area (Å²) in [5, 5.41) is 3.12. The van der Waals surface area contributed by atoms with Crippen LogP contribution in [0.25, 0.3) is 0 Å². The number of ether oxygens (including phenoxy) is 2. The first-order chi connectivity index (χ1) is 17.1. The summed E-state index contributed by atoms with van der Waals surface area (Å²) >= 11 is 0. The van der Waals surface area contributed by atoms with Gasteiger partial charge in [0.25, 0.3) is 0 Å². The van der Waals surface area contributed by atoms with E-state index < -0.39 is 6.04 Å². The summed E-state index contributed by atoms with van der Waals surface area (Å²) in [7, 11) is 0. The number of hydrogen-bond acceptors (Lipinski definition) is 6. The SMILES string of the molecule is NC1CCC(CNC(=O)[C@@H]2CCCN2C(=O)C[C@H](c2cccnc2)c2ccc3c(c2)OCO3)CC1. The fourth-order valence-corrected chi connectivity index (χ4v) is 5.52. The van der Waals surface area contributed by atoms with E-state index in [4.69, 9.17) is 15.2 Å². The molecule has 2 aliphatic heterocycles. The van der Waals surface area contributed by atoms with Gasteiger partial charge in [-0.25, -0.2) is 0 Å². The highest BCUT2D eigenvalue weighted by Gasteiger charge is 2.35. The normalized spacial score (nSPS) is 24.3. The molecule has 1 aromatic carbocycles. The smallest absolute Gasteiger partial charge is 0.242 e. The standard InChI is InChI=1S/C27H34N4O4/c28-21-8-5-18(6-9-21)15-30-27(33)23-4-2-12-31(23)26(32)14-22(20-3-1-11-29-16-20)19-7-10-24-25(13-19)35-17-34-24/h1,3,7,10-11,13,16,18,21-23H,2,4-6,8-9,12,14-15,17,28H2,(H,30,33)/t18?,21?,22-,23-/m0/s1. The van der Waals surface area contributed by atoms with Gasteiger partial charge < -0.3 is 25.4 Å². The Morgan fingerprint density at radius 3 is 2.71 bits per heavy atom. The summed E-state index contributed by atoms with van der Waals surface area (Å²) in [6.45, 7) is 1.48. The molecule has 1 aliphatic carbocycles. The van der Waals surface area contributed by atoms with E-state index in [1.165, 1.54) is 0 Å². The van der Waals surface area contributed by atoms with Crippen molar-refractivity contribution in [2.24, 2.45) is 11.7 Å². The lowest BCUT2D eigenvalue weighted by molar-refractivity contribution is -0.138. The van der Waals surface area contributed by atoms with E-state index in [2.05, 4.69) is 10.3 Å². The summed E-state index contributed by atoms with van der Waals surface area (Å²) in [5.74, 6) is 1.63. The number of hydrogen-bond donors (Lipinski definition) is 2. The van der Waals surface area contributed by atoms with Gasteiger partial charge in [0, 0.05) is 43.9 Å². The zero-order chi connectivity index (χ0) is 24.2. The number of aromatic nitrogens is 1. The molecule has 2 aromatic rings. The molecule has 1 saturated heterocycles. The van der Waals surface area contributed by atoms with Gasteiger partial charge in [0.1, 0.15) is 6.04 Å². The van der Waals surface area contributed by atoms with Crippen LogP contribution < -0.4 is 20.5 Å². The van der Waals surface area contributed by atoms with Crippen molar-refractivity contribution >= 4 is 11.8 Å². The molecule has 2 amide bonds. The van der Waals surface area contributed by atoms with Crippen LogP contribution in [0.5, 0.6) is 11.5 Å². The second kappa shape index (κ2) is 10.6. The van der Waals surface area contributed by atoms with E-state index in [-0.39, 0.29) is 30.9 Å². The lowest BCUT2D eigenvalue weighted by atomic mass is 9.86. The molecule has 8 nitrogen and oxygen atoms in total. The number of rotatable bonds is 7. The Labute approximate surface area is 206 Å². The van der Waals surface area contributed by atoms with E-state index in [0.717, 1.165) is 43.2 Å². The molecule has 2 fully saturated rings. The predicted molar refractivity (Wildman–Crippen MR) is 131 cm³/mol. The van der Waals surface area contributed by atoms with E-state index >= 15 is 0 Å². The average Bonchev–Trinajstić information content (AvgIpc) is 3.57. The van der Waals surface area contributed by atoms with Gasteiger partial charge >= 0.3 is 0 Å². The van der Waals surface area contributed by atoms with Gasteiger partial charge in [-0.05, 0) is 73.8 Å². The van der Waals surface area contributed by atoms with Crippen LogP contribution in [0.3, 0.4) is 0 Å². The number of pyridine rings is 1. The van der Waals surface area contributed by atoms with Crippen LogP contribution in [0.15, 0.2) is 42.7 Å². The van der Waals surface area contributed by atoms with E-state index in [1.807, 2.05) is 30.3 Å². The molecular weight excluding hydrogens is 444 g/mol. The van der Waals surface area contributed by atoms with Crippen LogP contribution in [0.1, 0.15) is 62.0 Å². The van der Waals surface area contributed by atoms with Gasteiger partial charge in [0.15, 0.2) is 11.5 Å². The molecule has 5 rings (SSSR count). The zero-order valence-electron chi connectivity index (χ0n) is 20.0. The van der Waals surface area contributed by atoms with Gasteiger partial charge in [-0.15, -0.1) is 0 Å². The van der Waals surface area contributed by atoms with Crippen LogP contribution in [0.2, 0.25) is 0 Å². The fraction of sp³-hybridized carbons (Fsp3) is 0.519. The predicted octanol–water partition coefficient (Wildman–Crippen LogP) is 2.96. The summed E-state index contributed by atoms with van der Waals surface area (Å²) in [6, 6.07) is 9.56. The van der Waals surface area contributed by atoms with Crippen molar-refractivity contribution in [3.63, 3.8) is 0 Å². The van der Waals surface area contributed by atoms with Gasteiger partial charge in [-0.2, -0.15) is 0 Å². The van der Waals surface area contributed by atoms with Gasteiger partial charge in [-0.1, -0.05) is 12.1 Å². The molecule has 8 heteroatoms. The Kier molecular flexibility index (Phi) is 7.18. The third-order valence-electron chi connectivity index (χ3n) is 7.60. The first-order valence-corrected chi connectivity index (χ1v) is 12.7. The summed E-state index contributed by atoms with van der Waals surface area (Å²) in [6.07, 6.45) is 9.46. The number of benzene rings is 1. The molecule has 1 saturated carbocycles. The molecule has 2 atom stereocenters. The molecule has 0 unspecified atom stereocenters. The number of nitrogens with one attached hydrogen (secondary N) is 1. The maximum absolute atomic E-state index is 13.5. The van der Waals surface area contributed by atoms with Crippen molar-refractivity contribution in [2.75, 3.05) is 19.9 Å². The number of carbonyl (C=O) groups is 2. The number of nitrogens with two attached hydrogens (primary N) is 1. The first-order valence-electron chi connectivity index (χ1n) is 12.7. The highest BCUT2D eigenvalue weighted by molar-refractivity contribution is 5.88. The quantitative estimate of drug-likeness (QED) is 0.634. The monoisotopic (exact) mass is 478 g/mol. The fourth-order valence-electron chi connectivity index (χ4n) is 5.52. The number of likely N-dealkylation sites (tertiary alicyclic amines) is 1. The first kappa shape index (κ1) is 23.6. The third-order valence-corrected chi connectivity index (χ3v) is 7.60. The van der Waals surface area contributed by atoms with Gasteiger partial charge in [0.2, 0.25) is 18.6 Å². The van der Waals surface area contributed by atoms with Crippen molar-refractivity contribution in [1.82, 2.24) is 15.2 Å².